The monoisotopic (exact) mass is 1100 g/mol. The van der Waals surface area contributed by atoms with Gasteiger partial charge in [-0.15, -0.1) is 0 Å². The molecule has 0 aromatic rings. The minimum atomic E-state index is -0.821. The Hall–Kier alpha value is -5.23. The highest BCUT2D eigenvalue weighted by molar-refractivity contribution is 5.71. The third-order valence-corrected chi connectivity index (χ3v) is 12.9. The van der Waals surface area contributed by atoms with Gasteiger partial charge in [-0.3, -0.25) is 14.4 Å². The van der Waals surface area contributed by atoms with E-state index in [0.29, 0.717) is 19.3 Å². The van der Waals surface area contributed by atoms with E-state index in [4.69, 9.17) is 14.2 Å². The molecular formula is C74H116O6. The van der Waals surface area contributed by atoms with Crippen molar-refractivity contribution in [2.75, 3.05) is 13.2 Å². The Morgan fingerprint density at radius 3 is 0.812 bits per heavy atom. The summed E-state index contributed by atoms with van der Waals surface area (Å²) in [5.41, 5.74) is 0. The molecule has 0 N–H and O–H groups in total. The van der Waals surface area contributed by atoms with Crippen LogP contribution in [0.3, 0.4) is 0 Å². The Morgan fingerprint density at radius 1 is 0.263 bits per heavy atom. The largest absolute Gasteiger partial charge is 0.462 e. The predicted octanol–water partition coefficient (Wildman–Crippen LogP) is 22.3. The lowest BCUT2D eigenvalue weighted by Gasteiger charge is -2.18. The van der Waals surface area contributed by atoms with Crippen LogP contribution < -0.4 is 0 Å². The first kappa shape index (κ1) is 74.8. The second-order valence-electron chi connectivity index (χ2n) is 20.5. The third-order valence-electron chi connectivity index (χ3n) is 12.9. The van der Waals surface area contributed by atoms with Crippen LogP contribution in [-0.4, -0.2) is 37.2 Å². The number of ether oxygens (including phenoxy) is 3. The van der Waals surface area contributed by atoms with Crippen molar-refractivity contribution in [3.8, 4) is 0 Å². The van der Waals surface area contributed by atoms with Crippen molar-refractivity contribution >= 4 is 17.9 Å². The highest BCUT2D eigenvalue weighted by atomic mass is 16.6. The second-order valence-corrected chi connectivity index (χ2v) is 20.5. The average Bonchev–Trinajstić information content (AvgIpc) is 3.46. The van der Waals surface area contributed by atoms with E-state index in [9.17, 15) is 14.4 Å². The molecule has 1 unspecified atom stereocenters. The zero-order valence-corrected chi connectivity index (χ0v) is 51.3. The molecular weight excluding hydrogens is 985 g/mol. The first-order chi connectivity index (χ1) is 39.5. The van der Waals surface area contributed by atoms with Gasteiger partial charge in [0.1, 0.15) is 13.2 Å². The highest BCUT2D eigenvalue weighted by Gasteiger charge is 2.19. The van der Waals surface area contributed by atoms with Crippen molar-refractivity contribution in [2.24, 2.45) is 0 Å². The fourth-order valence-corrected chi connectivity index (χ4v) is 8.18. The summed E-state index contributed by atoms with van der Waals surface area (Å²) in [6.45, 7) is 6.33. The molecule has 0 aliphatic heterocycles. The van der Waals surface area contributed by atoms with Crippen LogP contribution in [0.2, 0.25) is 0 Å². The van der Waals surface area contributed by atoms with E-state index in [0.717, 1.165) is 154 Å². The molecule has 0 aliphatic carbocycles. The molecule has 0 fully saturated rings. The quantitative estimate of drug-likeness (QED) is 0.0261. The van der Waals surface area contributed by atoms with Gasteiger partial charge in [-0.05, 0) is 154 Å². The lowest BCUT2D eigenvalue weighted by atomic mass is 10.1. The summed E-state index contributed by atoms with van der Waals surface area (Å²) in [7, 11) is 0. The summed E-state index contributed by atoms with van der Waals surface area (Å²) in [5, 5.41) is 0. The lowest BCUT2D eigenvalue weighted by Crippen LogP contribution is -2.30. The molecule has 1 atom stereocenters. The number of allylic oxidation sites excluding steroid dienone is 28. The Kier molecular flexibility index (Phi) is 61.9. The van der Waals surface area contributed by atoms with Crippen molar-refractivity contribution < 1.29 is 28.6 Å². The van der Waals surface area contributed by atoms with Crippen molar-refractivity contribution in [3.63, 3.8) is 0 Å². The minimum absolute atomic E-state index is 0.117. The molecule has 0 saturated carbocycles. The van der Waals surface area contributed by atoms with Crippen LogP contribution in [0, 0.1) is 0 Å². The first-order valence-electron chi connectivity index (χ1n) is 32.1. The summed E-state index contributed by atoms with van der Waals surface area (Å²) >= 11 is 0. The summed E-state index contributed by atoms with van der Waals surface area (Å²) in [6, 6.07) is 0. The summed E-state index contributed by atoms with van der Waals surface area (Å²) < 4.78 is 16.8. The average molecular weight is 1100 g/mol. The van der Waals surface area contributed by atoms with Gasteiger partial charge in [0.05, 0.1) is 0 Å². The molecule has 0 amide bonds. The molecule has 0 bridgehead atoms. The van der Waals surface area contributed by atoms with Crippen LogP contribution in [0.15, 0.2) is 170 Å². The molecule has 6 nitrogen and oxygen atoms in total. The zero-order valence-electron chi connectivity index (χ0n) is 51.3. The summed E-state index contributed by atoms with van der Waals surface area (Å²) in [4.78, 5) is 38.2. The second kappa shape index (κ2) is 66.3. The predicted molar refractivity (Wildman–Crippen MR) is 348 cm³/mol. The molecule has 0 spiro atoms. The number of esters is 3. The molecule has 0 aliphatic rings. The fraction of sp³-hybridized carbons (Fsp3) is 0.581. The molecule has 0 heterocycles. The van der Waals surface area contributed by atoms with E-state index in [1.807, 2.05) is 0 Å². The van der Waals surface area contributed by atoms with E-state index >= 15 is 0 Å². The standard InChI is InChI=1S/C74H116O6/c1-4-7-10-13-16-19-22-25-27-29-30-31-32-33-34-35-36-37-38-39-40-41-42-43-44-45-47-49-52-55-58-61-64-67-73(76)79-70-71(69-78-72(75)66-63-60-57-54-51-48-24-21-18-15-12-9-6-3)80-74(77)68-65-62-59-56-53-50-46-28-26-23-20-17-14-11-8-5-2/h7,9-10,12,16,18-19,21,25,27-28,30-31,33-34,36-37,39-40,42-43,45-48,51-52,55,71H,4-6,8,11,13-15,17,20,22-24,26,29,32,35,38,41,44,49-50,53-54,56-70H2,1-3H3/b10-7-,12-9-,19-16-,21-18-,27-25-,31-30-,34-33-,37-36-,40-39-,43-42-,46-28-,47-45-,51-48-,55-52-. The molecule has 0 radical (unpaired) electrons. The van der Waals surface area contributed by atoms with Crippen LogP contribution >= 0.6 is 0 Å². The van der Waals surface area contributed by atoms with Crippen LogP contribution in [0.4, 0.5) is 0 Å². The highest BCUT2D eigenvalue weighted by Crippen LogP contribution is 2.13. The van der Waals surface area contributed by atoms with Gasteiger partial charge in [0, 0.05) is 19.3 Å². The van der Waals surface area contributed by atoms with Gasteiger partial charge in [0.15, 0.2) is 6.10 Å². The van der Waals surface area contributed by atoms with Crippen LogP contribution in [0.1, 0.15) is 258 Å². The van der Waals surface area contributed by atoms with Crippen molar-refractivity contribution in [3.05, 3.63) is 170 Å². The minimum Gasteiger partial charge on any atom is -0.462 e. The van der Waals surface area contributed by atoms with E-state index in [1.165, 1.54) is 57.8 Å². The first-order valence-corrected chi connectivity index (χ1v) is 32.1. The van der Waals surface area contributed by atoms with Gasteiger partial charge in [0.2, 0.25) is 0 Å². The van der Waals surface area contributed by atoms with Gasteiger partial charge in [0.25, 0.3) is 0 Å². The SMILES string of the molecule is CC/C=C\C/C=C\C/C=C\C/C=C\C/C=C\C/C=C\C/C=C\C/C=C\C/C=C\C/C=C\CCCCC(=O)OCC(COC(=O)CCCCC/C=C\C/C=C\C/C=C\CC)OC(=O)CCCCCCC/C=C\CCCCCCCCC. The topological polar surface area (TPSA) is 78.9 Å². The smallest absolute Gasteiger partial charge is 0.306 e. The van der Waals surface area contributed by atoms with Gasteiger partial charge < -0.3 is 14.2 Å². The van der Waals surface area contributed by atoms with Crippen molar-refractivity contribution in [1.82, 2.24) is 0 Å². The number of unbranched alkanes of at least 4 members (excludes halogenated alkanes) is 17. The maximum absolute atomic E-state index is 12.9. The summed E-state index contributed by atoms with van der Waals surface area (Å²) in [5.74, 6) is -1.00. The Balaban J connectivity index is 4.42. The summed E-state index contributed by atoms with van der Waals surface area (Å²) in [6.07, 6.45) is 98.0. The van der Waals surface area contributed by atoms with E-state index in [2.05, 4.69) is 191 Å². The molecule has 448 valence electrons. The molecule has 0 rings (SSSR count). The maximum atomic E-state index is 12.9. The Morgan fingerprint density at radius 2 is 0.487 bits per heavy atom. The van der Waals surface area contributed by atoms with Crippen molar-refractivity contribution in [2.45, 2.75) is 264 Å². The van der Waals surface area contributed by atoms with Gasteiger partial charge >= 0.3 is 17.9 Å². The van der Waals surface area contributed by atoms with Crippen LogP contribution in [0.25, 0.3) is 0 Å². The van der Waals surface area contributed by atoms with Crippen LogP contribution in [0.5, 0.6) is 0 Å². The fourth-order valence-electron chi connectivity index (χ4n) is 8.18. The Labute approximate surface area is 492 Å². The maximum Gasteiger partial charge on any atom is 0.306 e. The van der Waals surface area contributed by atoms with Crippen LogP contribution in [-0.2, 0) is 28.6 Å². The molecule has 6 heteroatoms. The number of hydrogen-bond donors (Lipinski definition) is 0. The molecule has 80 heavy (non-hydrogen) atoms. The zero-order chi connectivity index (χ0) is 57.8. The number of hydrogen-bond acceptors (Lipinski definition) is 6. The normalized spacial score (nSPS) is 13.3. The number of carbonyl (C=O) groups excluding carboxylic acids is 3. The molecule has 0 saturated heterocycles. The third kappa shape index (κ3) is 63.6. The van der Waals surface area contributed by atoms with E-state index in [1.54, 1.807) is 0 Å². The van der Waals surface area contributed by atoms with Crippen molar-refractivity contribution in [1.29, 1.82) is 0 Å². The van der Waals surface area contributed by atoms with E-state index in [-0.39, 0.29) is 37.5 Å². The van der Waals surface area contributed by atoms with Gasteiger partial charge in [-0.1, -0.05) is 255 Å². The molecule has 0 aromatic heterocycles. The number of carbonyl (C=O) groups is 3. The Bertz CT molecular complexity index is 1840. The van der Waals surface area contributed by atoms with Gasteiger partial charge in [-0.25, -0.2) is 0 Å². The number of rotatable bonds is 56. The molecule has 0 aromatic carbocycles. The van der Waals surface area contributed by atoms with E-state index < -0.39 is 6.10 Å². The van der Waals surface area contributed by atoms with Gasteiger partial charge in [-0.2, -0.15) is 0 Å². The lowest BCUT2D eigenvalue weighted by molar-refractivity contribution is -0.167.